The molecule has 2 nitrogen and oxygen atoms in total. The van der Waals surface area contributed by atoms with Crippen molar-refractivity contribution in [2.24, 2.45) is 0 Å². The van der Waals surface area contributed by atoms with Crippen molar-refractivity contribution in [2.45, 2.75) is 19.0 Å². The van der Waals surface area contributed by atoms with Crippen molar-refractivity contribution in [3.63, 3.8) is 0 Å². The van der Waals surface area contributed by atoms with Crippen LogP contribution in [0, 0.1) is 0 Å². The van der Waals surface area contributed by atoms with Crippen molar-refractivity contribution in [3.8, 4) is 0 Å². The maximum atomic E-state index is 11.4. The Balaban J connectivity index is 2.31. The van der Waals surface area contributed by atoms with Gasteiger partial charge >= 0.3 is 0 Å². The lowest BCUT2D eigenvalue weighted by atomic mass is 9.95. The van der Waals surface area contributed by atoms with Gasteiger partial charge in [-0.1, -0.05) is 24.3 Å². The van der Waals surface area contributed by atoms with E-state index in [1.807, 2.05) is 35.7 Å². The molecule has 1 aliphatic heterocycles. The lowest BCUT2D eigenvalue weighted by molar-refractivity contribution is -0.114. The summed E-state index contributed by atoms with van der Waals surface area (Å²) in [5.74, 6) is 0. The quantitative estimate of drug-likeness (QED) is 0.584. The Kier molecular flexibility index (Phi) is 2.88. The monoisotopic (exact) mass is 301 g/mol. The van der Waals surface area contributed by atoms with Gasteiger partial charge in [-0.3, -0.25) is 9.69 Å². The van der Waals surface area contributed by atoms with E-state index in [0.717, 1.165) is 13.0 Å². The standard InChI is InChI=1S/C11H12INO/c1-13-7-9-5-3-2-4-8(9)6-10(13)11(12)14/h2-5,10H,6-7H2,1H3. The van der Waals surface area contributed by atoms with Crippen molar-refractivity contribution in [1.82, 2.24) is 4.90 Å². The second-order valence-electron chi connectivity index (χ2n) is 3.71. The van der Waals surface area contributed by atoms with E-state index in [4.69, 9.17) is 0 Å². The molecule has 0 N–H and O–H groups in total. The van der Waals surface area contributed by atoms with Crippen molar-refractivity contribution in [1.29, 1.82) is 0 Å². The number of halogens is 1. The molecule has 0 aromatic heterocycles. The van der Waals surface area contributed by atoms with Gasteiger partial charge in [0.05, 0.1) is 6.04 Å². The molecule has 0 radical (unpaired) electrons. The van der Waals surface area contributed by atoms with Crippen molar-refractivity contribution in [2.75, 3.05) is 7.05 Å². The number of fused-ring (bicyclic) bond motifs is 1. The summed E-state index contributed by atoms with van der Waals surface area (Å²) in [7, 11) is 2.01. The Bertz CT molecular complexity index is 364. The van der Waals surface area contributed by atoms with Gasteiger partial charge in [-0.25, -0.2) is 0 Å². The van der Waals surface area contributed by atoms with E-state index >= 15 is 0 Å². The van der Waals surface area contributed by atoms with Crippen LogP contribution in [0.25, 0.3) is 0 Å². The van der Waals surface area contributed by atoms with Crippen molar-refractivity contribution in [3.05, 3.63) is 35.4 Å². The SMILES string of the molecule is CN1Cc2ccccc2CC1C(=O)I. The number of hydrogen-bond donors (Lipinski definition) is 0. The molecule has 0 fully saturated rings. The second-order valence-corrected chi connectivity index (χ2v) is 4.77. The lowest BCUT2D eigenvalue weighted by Crippen LogP contribution is -2.41. The summed E-state index contributed by atoms with van der Waals surface area (Å²) in [6, 6.07) is 8.41. The molecule has 0 spiro atoms. The summed E-state index contributed by atoms with van der Waals surface area (Å²) in [5.41, 5.74) is 2.67. The molecule has 3 heteroatoms. The average Bonchev–Trinajstić information content (AvgIpc) is 2.16. The first-order valence-corrected chi connectivity index (χ1v) is 5.72. The van der Waals surface area contributed by atoms with Crippen LogP contribution in [-0.4, -0.2) is 21.8 Å². The van der Waals surface area contributed by atoms with E-state index in [9.17, 15) is 4.79 Å². The molecule has 0 saturated carbocycles. The summed E-state index contributed by atoms with van der Waals surface area (Å²) in [6.45, 7) is 0.885. The average molecular weight is 301 g/mol. The summed E-state index contributed by atoms with van der Waals surface area (Å²) in [5, 5.41) is 0. The number of nitrogens with zero attached hydrogens (tertiary/aromatic N) is 1. The maximum Gasteiger partial charge on any atom is 0.209 e. The van der Waals surface area contributed by atoms with Gasteiger partial charge in [-0.15, -0.1) is 0 Å². The summed E-state index contributed by atoms with van der Waals surface area (Å²) in [4.78, 5) is 13.5. The third-order valence-electron chi connectivity index (χ3n) is 2.75. The van der Waals surface area contributed by atoms with Gasteiger partial charge in [0.2, 0.25) is 3.79 Å². The van der Waals surface area contributed by atoms with E-state index in [1.54, 1.807) is 0 Å². The first kappa shape index (κ1) is 10.1. The zero-order valence-corrected chi connectivity index (χ0v) is 10.2. The van der Waals surface area contributed by atoms with Crippen LogP contribution in [0.15, 0.2) is 24.3 Å². The Hall–Kier alpha value is -0.420. The zero-order valence-electron chi connectivity index (χ0n) is 8.03. The van der Waals surface area contributed by atoms with Gasteiger partial charge in [-0.05, 0) is 24.6 Å². The lowest BCUT2D eigenvalue weighted by Gasteiger charge is -2.31. The third kappa shape index (κ3) is 1.83. The molecule has 0 amide bonds. The summed E-state index contributed by atoms with van der Waals surface area (Å²) in [6.07, 6.45) is 0.856. The number of rotatable bonds is 1. The Labute approximate surface area is 97.4 Å². The normalized spacial score (nSPS) is 21.7. The Morgan fingerprint density at radius 2 is 2.07 bits per heavy atom. The van der Waals surface area contributed by atoms with Gasteiger partial charge in [0.25, 0.3) is 0 Å². The highest BCUT2D eigenvalue weighted by Crippen LogP contribution is 2.23. The molecule has 1 aromatic rings. The topological polar surface area (TPSA) is 20.3 Å². The molecule has 14 heavy (non-hydrogen) atoms. The highest BCUT2D eigenvalue weighted by Gasteiger charge is 2.26. The zero-order chi connectivity index (χ0) is 10.1. The predicted octanol–water partition coefficient (Wildman–Crippen LogP) is 2.00. The van der Waals surface area contributed by atoms with Crippen LogP contribution < -0.4 is 0 Å². The number of benzene rings is 1. The van der Waals surface area contributed by atoms with Crippen LogP contribution in [0.4, 0.5) is 0 Å². The van der Waals surface area contributed by atoms with Crippen LogP contribution in [0.2, 0.25) is 0 Å². The molecule has 1 aliphatic rings. The molecular formula is C11H12INO. The summed E-state index contributed by atoms with van der Waals surface area (Å²) >= 11 is 1.90. The molecule has 1 aromatic carbocycles. The van der Waals surface area contributed by atoms with E-state index < -0.39 is 0 Å². The number of carbonyl (C=O) groups excluding carboxylic acids is 1. The minimum absolute atomic E-state index is 0.0606. The van der Waals surface area contributed by atoms with E-state index in [2.05, 4.69) is 23.1 Å². The molecular weight excluding hydrogens is 289 g/mol. The third-order valence-corrected chi connectivity index (χ3v) is 3.46. The number of likely N-dealkylation sites (N-methyl/N-ethyl adjacent to an activating group) is 1. The Morgan fingerprint density at radius 3 is 2.71 bits per heavy atom. The van der Waals surface area contributed by atoms with Gasteiger partial charge in [0, 0.05) is 29.1 Å². The van der Waals surface area contributed by atoms with E-state index in [-0.39, 0.29) is 9.83 Å². The second kappa shape index (κ2) is 3.98. The molecule has 1 heterocycles. The minimum Gasteiger partial charge on any atom is -0.291 e. The number of carbonyl (C=O) groups is 1. The van der Waals surface area contributed by atoms with Gasteiger partial charge in [-0.2, -0.15) is 0 Å². The highest BCUT2D eigenvalue weighted by molar-refractivity contribution is 14.1. The molecule has 1 atom stereocenters. The van der Waals surface area contributed by atoms with Crippen LogP contribution in [0.3, 0.4) is 0 Å². The maximum absolute atomic E-state index is 11.4. The molecule has 0 bridgehead atoms. The van der Waals surface area contributed by atoms with Crippen LogP contribution in [0.1, 0.15) is 11.1 Å². The van der Waals surface area contributed by atoms with E-state index in [1.165, 1.54) is 11.1 Å². The van der Waals surface area contributed by atoms with Crippen LogP contribution >= 0.6 is 22.6 Å². The molecule has 2 rings (SSSR count). The minimum atomic E-state index is 0.0606. The molecule has 0 saturated heterocycles. The fourth-order valence-electron chi connectivity index (χ4n) is 1.91. The van der Waals surface area contributed by atoms with Gasteiger partial charge < -0.3 is 0 Å². The van der Waals surface area contributed by atoms with Crippen molar-refractivity contribution >= 4 is 26.4 Å². The molecule has 1 unspecified atom stereocenters. The van der Waals surface area contributed by atoms with Crippen molar-refractivity contribution < 1.29 is 4.79 Å². The first-order valence-electron chi connectivity index (χ1n) is 4.65. The van der Waals surface area contributed by atoms with E-state index in [0.29, 0.717) is 0 Å². The predicted molar refractivity (Wildman–Crippen MR) is 64.4 cm³/mol. The highest BCUT2D eigenvalue weighted by atomic mass is 127. The molecule has 0 aliphatic carbocycles. The van der Waals surface area contributed by atoms with Gasteiger partial charge in [0.15, 0.2) is 0 Å². The van der Waals surface area contributed by atoms with Crippen LogP contribution in [-0.2, 0) is 17.8 Å². The van der Waals surface area contributed by atoms with Gasteiger partial charge in [0.1, 0.15) is 0 Å². The fourth-order valence-corrected chi connectivity index (χ4v) is 2.60. The molecule has 74 valence electrons. The smallest absolute Gasteiger partial charge is 0.209 e. The van der Waals surface area contributed by atoms with Crippen LogP contribution in [0.5, 0.6) is 0 Å². The number of hydrogen-bond acceptors (Lipinski definition) is 2. The Morgan fingerprint density at radius 1 is 1.43 bits per heavy atom. The first-order chi connectivity index (χ1) is 6.68. The summed E-state index contributed by atoms with van der Waals surface area (Å²) < 4.78 is 0.236. The largest absolute Gasteiger partial charge is 0.291 e. The fraction of sp³-hybridized carbons (Fsp3) is 0.364.